The average Bonchev–Trinajstić information content (AvgIpc) is 2.18. The molecule has 1 rings (SSSR count). The Kier molecular flexibility index (Phi) is 3.23. The van der Waals surface area contributed by atoms with E-state index in [4.69, 9.17) is 10.4 Å². The Morgan fingerprint density at radius 3 is 2.86 bits per heavy atom. The Hall–Kier alpha value is -2.33. The minimum Gasteiger partial charge on any atom is -0.481 e. The van der Waals surface area contributed by atoms with Gasteiger partial charge < -0.3 is 5.11 Å². The molecule has 0 saturated heterocycles. The first-order valence-corrected chi connectivity index (χ1v) is 3.79. The van der Waals surface area contributed by atoms with Crippen LogP contribution in [0.3, 0.4) is 0 Å². The highest BCUT2D eigenvalue weighted by atomic mass is 16.4. The molecule has 0 saturated carbocycles. The number of nitriles is 1. The summed E-state index contributed by atoms with van der Waals surface area (Å²) >= 11 is 0. The Bertz CT molecular complexity index is 432. The zero-order chi connectivity index (χ0) is 10.4. The van der Waals surface area contributed by atoms with Gasteiger partial charge in [0.25, 0.3) is 0 Å². The topological polar surface area (TPSA) is 74.0 Å². The largest absolute Gasteiger partial charge is 0.481 e. The SMILES string of the molecule is N#Cc1ccc(C#CCC(=O)O)cn1. The van der Waals surface area contributed by atoms with Crippen molar-refractivity contribution in [3.05, 3.63) is 29.6 Å². The molecule has 1 aromatic heterocycles. The van der Waals surface area contributed by atoms with Crippen molar-refractivity contribution in [3.63, 3.8) is 0 Å². The summed E-state index contributed by atoms with van der Waals surface area (Å²) in [5, 5.41) is 16.8. The van der Waals surface area contributed by atoms with E-state index in [1.807, 2.05) is 6.07 Å². The van der Waals surface area contributed by atoms with Crippen molar-refractivity contribution >= 4 is 5.97 Å². The van der Waals surface area contributed by atoms with Crippen LogP contribution < -0.4 is 0 Å². The molecule has 0 bridgehead atoms. The van der Waals surface area contributed by atoms with E-state index in [0.29, 0.717) is 11.3 Å². The molecule has 0 amide bonds. The van der Waals surface area contributed by atoms with Crippen LogP contribution in [0.25, 0.3) is 0 Å². The van der Waals surface area contributed by atoms with Gasteiger partial charge in [0.2, 0.25) is 0 Å². The summed E-state index contributed by atoms with van der Waals surface area (Å²) in [7, 11) is 0. The van der Waals surface area contributed by atoms with Gasteiger partial charge in [-0.3, -0.25) is 4.79 Å². The molecule has 0 aliphatic rings. The van der Waals surface area contributed by atoms with Crippen LogP contribution in [0, 0.1) is 23.2 Å². The number of hydrogen-bond donors (Lipinski definition) is 1. The molecule has 0 aromatic carbocycles. The standard InChI is InChI=1S/C10H6N2O2/c11-6-9-5-4-8(7-12-9)2-1-3-10(13)14/h4-5,7H,3H2,(H,13,14). The average molecular weight is 186 g/mol. The number of carboxylic acids is 1. The van der Waals surface area contributed by atoms with E-state index in [2.05, 4.69) is 16.8 Å². The molecule has 4 nitrogen and oxygen atoms in total. The van der Waals surface area contributed by atoms with E-state index >= 15 is 0 Å². The van der Waals surface area contributed by atoms with Gasteiger partial charge in [0.15, 0.2) is 0 Å². The van der Waals surface area contributed by atoms with Gasteiger partial charge in [0.05, 0.1) is 0 Å². The van der Waals surface area contributed by atoms with Crippen LogP contribution in [0.2, 0.25) is 0 Å². The monoisotopic (exact) mass is 186 g/mol. The molecular weight excluding hydrogens is 180 g/mol. The third-order valence-electron chi connectivity index (χ3n) is 1.35. The number of pyridine rings is 1. The number of carboxylic acid groups (broad SMARTS) is 1. The second kappa shape index (κ2) is 4.64. The predicted octanol–water partition coefficient (Wildman–Crippen LogP) is 0.779. The Morgan fingerprint density at radius 2 is 2.36 bits per heavy atom. The number of hydrogen-bond acceptors (Lipinski definition) is 3. The molecule has 1 heterocycles. The third kappa shape index (κ3) is 2.96. The minimum atomic E-state index is -0.959. The first-order chi connectivity index (χ1) is 6.72. The van der Waals surface area contributed by atoms with Crippen molar-refractivity contribution in [3.8, 4) is 17.9 Å². The van der Waals surface area contributed by atoms with Crippen LogP contribution >= 0.6 is 0 Å². The van der Waals surface area contributed by atoms with E-state index in [1.165, 1.54) is 12.3 Å². The summed E-state index contributed by atoms with van der Waals surface area (Å²) in [4.78, 5) is 13.9. The Labute approximate surface area is 80.8 Å². The predicted molar refractivity (Wildman–Crippen MR) is 48.1 cm³/mol. The summed E-state index contributed by atoms with van der Waals surface area (Å²) < 4.78 is 0. The quantitative estimate of drug-likeness (QED) is 0.657. The number of aromatic nitrogens is 1. The molecule has 1 N–H and O–H groups in total. The van der Waals surface area contributed by atoms with E-state index in [9.17, 15) is 4.79 Å². The highest BCUT2D eigenvalue weighted by Crippen LogP contribution is 1.96. The molecule has 14 heavy (non-hydrogen) atoms. The van der Waals surface area contributed by atoms with Gasteiger partial charge in [-0.25, -0.2) is 4.98 Å². The zero-order valence-electron chi connectivity index (χ0n) is 7.19. The van der Waals surface area contributed by atoms with Gasteiger partial charge in [0, 0.05) is 11.8 Å². The third-order valence-corrected chi connectivity index (χ3v) is 1.35. The second-order valence-electron chi connectivity index (χ2n) is 2.42. The number of nitrogens with zero attached hydrogens (tertiary/aromatic N) is 2. The maximum absolute atomic E-state index is 10.1. The highest BCUT2D eigenvalue weighted by molar-refractivity contribution is 5.70. The van der Waals surface area contributed by atoms with E-state index in [1.54, 1.807) is 6.07 Å². The first-order valence-electron chi connectivity index (χ1n) is 3.79. The normalized spacial score (nSPS) is 8.21. The van der Waals surface area contributed by atoms with Crippen LogP contribution in [0.4, 0.5) is 0 Å². The summed E-state index contributed by atoms with van der Waals surface area (Å²) in [5.74, 6) is 4.13. The summed E-state index contributed by atoms with van der Waals surface area (Å²) in [6.07, 6.45) is 1.24. The molecule has 0 unspecified atom stereocenters. The summed E-state index contributed by atoms with van der Waals surface area (Å²) in [6.45, 7) is 0. The molecule has 1 aromatic rings. The van der Waals surface area contributed by atoms with E-state index in [-0.39, 0.29) is 6.42 Å². The van der Waals surface area contributed by atoms with E-state index in [0.717, 1.165) is 0 Å². The highest BCUT2D eigenvalue weighted by Gasteiger charge is 1.91. The van der Waals surface area contributed by atoms with Crippen molar-refractivity contribution in [2.75, 3.05) is 0 Å². The Morgan fingerprint density at radius 1 is 1.57 bits per heavy atom. The molecule has 4 heteroatoms. The molecule has 0 spiro atoms. The van der Waals surface area contributed by atoms with Gasteiger partial charge in [-0.1, -0.05) is 11.8 Å². The van der Waals surface area contributed by atoms with Crippen LogP contribution in [0.15, 0.2) is 18.3 Å². The van der Waals surface area contributed by atoms with Crippen molar-refractivity contribution in [2.24, 2.45) is 0 Å². The fourth-order valence-corrected chi connectivity index (χ4v) is 0.756. The number of aliphatic carboxylic acids is 1. The smallest absolute Gasteiger partial charge is 0.315 e. The molecule has 0 atom stereocenters. The maximum Gasteiger partial charge on any atom is 0.315 e. The summed E-state index contributed by atoms with van der Waals surface area (Å²) in [6, 6.07) is 5.03. The van der Waals surface area contributed by atoms with Crippen molar-refractivity contribution in [1.29, 1.82) is 5.26 Å². The van der Waals surface area contributed by atoms with E-state index < -0.39 is 5.97 Å². The lowest BCUT2D eigenvalue weighted by Gasteiger charge is -1.88. The molecule has 0 radical (unpaired) electrons. The number of carbonyl (C=O) groups is 1. The van der Waals surface area contributed by atoms with Gasteiger partial charge in [-0.2, -0.15) is 5.26 Å². The van der Waals surface area contributed by atoms with Crippen LogP contribution in [0.5, 0.6) is 0 Å². The number of rotatable bonds is 1. The molecule has 0 aliphatic heterocycles. The van der Waals surface area contributed by atoms with Crippen LogP contribution in [0.1, 0.15) is 17.7 Å². The van der Waals surface area contributed by atoms with Crippen LogP contribution in [-0.2, 0) is 4.79 Å². The minimum absolute atomic E-state index is 0.194. The molecular formula is C10H6N2O2. The van der Waals surface area contributed by atoms with Gasteiger partial charge in [-0.15, -0.1) is 0 Å². The van der Waals surface area contributed by atoms with Crippen molar-refractivity contribution in [1.82, 2.24) is 4.98 Å². The Balaban J connectivity index is 2.73. The van der Waals surface area contributed by atoms with Gasteiger partial charge in [-0.05, 0) is 12.1 Å². The lowest BCUT2D eigenvalue weighted by Crippen LogP contribution is -1.90. The van der Waals surface area contributed by atoms with Gasteiger partial charge >= 0.3 is 5.97 Å². The zero-order valence-corrected chi connectivity index (χ0v) is 7.19. The molecule has 0 aliphatic carbocycles. The fourth-order valence-electron chi connectivity index (χ4n) is 0.756. The fraction of sp³-hybridized carbons (Fsp3) is 0.100. The second-order valence-corrected chi connectivity index (χ2v) is 2.42. The van der Waals surface area contributed by atoms with Crippen molar-refractivity contribution < 1.29 is 9.90 Å². The lowest BCUT2D eigenvalue weighted by molar-refractivity contribution is -0.135. The lowest BCUT2D eigenvalue weighted by atomic mass is 10.2. The molecule has 68 valence electrons. The maximum atomic E-state index is 10.1. The summed E-state index contributed by atoms with van der Waals surface area (Å²) in [5.41, 5.74) is 0.916. The van der Waals surface area contributed by atoms with Gasteiger partial charge in [0.1, 0.15) is 18.2 Å². The van der Waals surface area contributed by atoms with Crippen LogP contribution in [-0.4, -0.2) is 16.1 Å². The van der Waals surface area contributed by atoms with Crippen molar-refractivity contribution in [2.45, 2.75) is 6.42 Å². The first kappa shape index (κ1) is 9.76. The molecule has 0 fully saturated rings.